The smallest absolute Gasteiger partial charge is 0.129 e. The molecule has 1 aromatic rings. The normalized spacial score (nSPS) is 16.1. The summed E-state index contributed by atoms with van der Waals surface area (Å²) in [7, 11) is 0. The molecule has 0 atom stereocenters. The van der Waals surface area contributed by atoms with Gasteiger partial charge in [0.1, 0.15) is 11.6 Å². The molecule has 0 aromatic carbocycles. The Bertz CT molecular complexity index is 329. The Morgan fingerprint density at radius 1 is 1.57 bits per heavy atom. The predicted molar refractivity (Wildman–Crippen MR) is 57.1 cm³/mol. The molecule has 0 amide bonds. The van der Waals surface area contributed by atoms with Crippen LogP contribution in [0.2, 0.25) is 0 Å². The highest BCUT2D eigenvalue weighted by Gasteiger charge is 2.16. The second-order valence-corrected chi connectivity index (χ2v) is 3.64. The molecule has 14 heavy (non-hydrogen) atoms. The van der Waals surface area contributed by atoms with Gasteiger partial charge in [0.2, 0.25) is 0 Å². The number of nitrogens with one attached hydrogen (secondary N) is 1. The van der Waals surface area contributed by atoms with Crippen molar-refractivity contribution in [3.8, 4) is 0 Å². The highest BCUT2D eigenvalue weighted by molar-refractivity contribution is 5.33. The molecule has 74 valence electrons. The van der Waals surface area contributed by atoms with Crippen LogP contribution in [-0.4, -0.2) is 16.5 Å². The third-order valence-corrected chi connectivity index (χ3v) is 2.21. The maximum Gasteiger partial charge on any atom is 0.129 e. The van der Waals surface area contributed by atoms with Crippen molar-refractivity contribution in [2.45, 2.75) is 19.8 Å². The Morgan fingerprint density at radius 3 is 3.14 bits per heavy atom. The Kier molecular flexibility index (Phi) is 2.77. The summed E-state index contributed by atoms with van der Waals surface area (Å²) in [5, 5.41) is 3.23. The molecule has 2 rings (SSSR count). The Morgan fingerprint density at radius 2 is 2.43 bits per heavy atom. The molecule has 1 aliphatic carbocycles. The molecule has 0 spiro atoms. The molecule has 0 unspecified atom stereocenters. The van der Waals surface area contributed by atoms with Gasteiger partial charge in [-0.15, -0.1) is 0 Å². The van der Waals surface area contributed by atoms with E-state index >= 15 is 0 Å². The topological polar surface area (TPSA) is 37.8 Å². The van der Waals surface area contributed by atoms with Crippen LogP contribution in [-0.2, 0) is 0 Å². The van der Waals surface area contributed by atoms with E-state index in [0.717, 1.165) is 24.1 Å². The van der Waals surface area contributed by atoms with E-state index in [1.807, 2.05) is 13.0 Å². The van der Waals surface area contributed by atoms with E-state index in [1.165, 1.54) is 12.8 Å². The lowest BCUT2D eigenvalue weighted by molar-refractivity contribution is 1.04. The lowest BCUT2D eigenvalue weighted by atomic mass is 10.3. The molecule has 0 aliphatic heterocycles. The molecule has 1 saturated carbocycles. The summed E-state index contributed by atoms with van der Waals surface area (Å²) >= 11 is 0. The number of rotatable bonds is 4. The molecule has 1 aromatic heterocycles. The van der Waals surface area contributed by atoms with Crippen LogP contribution in [0, 0.1) is 12.8 Å². The van der Waals surface area contributed by atoms with Crippen molar-refractivity contribution in [2.75, 3.05) is 11.9 Å². The van der Waals surface area contributed by atoms with Gasteiger partial charge in [-0.2, -0.15) is 0 Å². The number of hydrogen-bond acceptors (Lipinski definition) is 3. The number of hydrogen-bond donors (Lipinski definition) is 1. The molecule has 1 aliphatic rings. The maximum absolute atomic E-state index is 4.25. The SMILES string of the molecule is Cc1nccc(NC/C=C/C2CC2)n1. The van der Waals surface area contributed by atoms with E-state index in [9.17, 15) is 0 Å². The van der Waals surface area contributed by atoms with Gasteiger partial charge in [-0.3, -0.25) is 0 Å². The zero-order chi connectivity index (χ0) is 9.80. The Labute approximate surface area is 84.3 Å². The minimum Gasteiger partial charge on any atom is -0.366 e. The fourth-order valence-electron chi connectivity index (χ4n) is 1.27. The Balaban J connectivity index is 1.79. The maximum atomic E-state index is 4.25. The van der Waals surface area contributed by atoms with Crippen LogP contribution in [0.5, 0.6) is 0 Å². The molecule has 3 nitrogen and oxygen atoms in total. The molecule has 0 saturated heterocycles. The largest absolute Gasteiger partial charge is 0.366 e. The first-order chi connectivity index (χ1) is 6.84. The number of nitrogens with zero attached hydrogens (tertiary/aromatic N) is 2. The van der Waals surface area contributed by atoms with Crippen molar-refractivity contribution in [1.29, 1.82) is 0 Å². The van der Waals surface area contributed by atoms with Crippen molar-refractivity contribution in [1.82, 2.24) is 9.97 Å². The summed E-state index contributed by atoms with van der Waals surface area (Å²) in [5.74, 6) is 2.56. The first-order valence-electron chi connectivity index (χ1n) is 5.05. The van der Waals surface area contributed by atoms with Crippen molar-refractivity contribution < 1.29 is 0 Å². The zero-order valence-electron chi connectivity index (χ0n) is 8.40. The highest BCUT2D eigenvalue weighted by atomic mass is 15.0. The van der Waals surface area contributed by atoms with Crippen LogP contribution in [0.3, 0.4) is 0 Å². The second kappa shape index (κ2) is 4.22. The molecular formula is C11H15N3. The molecule has 1 N–H and O–H groups in total. The average molecular weight is 189 g/mol. The van der Waals surface area contributed by atoms with Gasteiger partial charge in [0.15, 0.2) is 0 Å². The minimum atomic E-state index is 0.807. The van der Waals surface area contributed by atoms with E-state index in [4.69, 9.17) is 0 Å². The second-order valence-electron chi connectivity index (χ2n) is 3.64. The molecular weight excluding hydrogens is 174 g/mol. The van der Waals surface area contributed by atoms with E-state index in [-0.39, 0.29) is 0 Å². The molecule has 1 fully saturated rings. The van der Waals surface area contributed by atoms with Crippen LogP contribution >= 0.6 is 0 Å². The summed E-state index contributed by atoms with van der Waals surface area (Å²) in [5.41, 5.74) is 0. The molecule has 3 heteroatoms. The van der Waals surface area contributed by atoms with Crippen molar-refractivity contribution >= 4 is 5.82 Å². The first-order valence-corrected chi connectivity index (χ1v) is 5.05. The summed E-state index contributed by atoms with van der Waals surface area (Å²) in [6, 6.07) is 1.89. The Hall–Kier alpha value is -1.38. The molecule has 0 radical (unpaired) electrons. The quantitative estimate of drug-likeness (QED) is 0.737. The number of aryl methyl sites for hydroxylation is 1. The highest BCUT2D eigenvalue weighted by Crippen LogP contribution is 2.29. The lowest BCUT2D eigenvalue weighted by Gasteiger charge is -2.01. The van der Waals surface area contributed by atoms with E-state index < -0.39 is 0 Å². The third-order valence-electron chi connectivity index (χ3n) is 2.21. The lowest BCUT2D eigenvalue weighted by Crippen LogP contribution is -2.01. The van der Waals surface area contributed by atoms with E-state index in [0.29, 0.717) is 0 Å². The van der Waals surface area contributed by atoms with Gasteiger partial charge in [-0.1, -0.05) is 12.2 Å². The number of allylic oxidation sites excluding steroid dienone is 1. The van der Waals surface area contributed by atoms with Crippen LogP contribution in [0.1, 0.15) is 18.7 Å². The van der Waals surface area contributed by atoms with Crippen LogP contribution in [0.15, 0.2) is 24.4 Å². The fraction of sp³-hybridized carbons (Fsp3) is 0.455. The van der Waals surface area contributed by atoms with Crippen molar-refractivity contribution in [2.24, 2.45) is 5.92 Å². The summed E-state index contributed by atoms with van der Waals surface area (Å²) in [6.45, 7) is 2.75. The van der Waals surface area contributed by atoms with Crippen LogP contribution in [0.4, 0.5) is 5.82 Å². The van der Waals surface area contributed by atoms with Gasteiger partial charge in [-0.05, 0) is 31.7 Å². The van der Waals surface area contributed by atoms with Gasteiger partial charge in [-0.25, -0.2) is 9.97 Å². The summed E-state index contributed by atoms with van der Waals surface area (Å²) in [6.07, 6.45) is 8.96. The number of aromatic nitrogens is 2. The van der Waals surface area contributed by atoms with Crippen LogP contribution < -0.4 is 5.32 Å². The average Bonchev–Trinajstić information content (AvgIpc) is 2.96. The third kappa shape index (κ3) is 2.83. The van der Waals surface area contributed by atoms with Gasteiger partial charge in [0.25, 0.3) is 0 Å². The summed E-state index contributed by atoms with van der Waals surface area (Å²) in [4.78, 5) is 8.29. The molecule has 1 heterocycles. The van der Waals surface area contributed by atoms with Crippen molar-refractivity contribution in [3.05, 3.63) is 30.2 Å². The van der Waals surface area contributed by atoms with Gasteiger partial charge in [0.05, 0.1) is 0 Å². The van der Waals surface area contributed by atoms with Gasteiger partial charge >= 0.3 is 0 Å². The van der Waals surface area contributed by atoms with Crippen LogP contribution in [0.25, 0.3) is 0 Å². The van der Waals surface area contributed by atoms with Crippen molar-refractivity contribution in [3.63, 3.8) is 0 Å². The number of anilines is 1. The van der Waals surface area contributed by atoms with E-state index in [1.54, 1.807) is 6.20 Å². The first kappa shape index (κ1) is 9.19. The van der Waals surface area contributed by atoms with E-state index in [2.05, 4.69) is 27.4 Å². The fourth-order valence-corrected chi connectivity index (χ4v) is 1.27. The van der Waals surface area contributed by atoms with Gasteiger partial charge in [0, 0.05) is 12.7 Å². The predicted octanol–water partition coefficient (Wildman–Crippen LogP) is 2.16. The standard InChI is InChI=1S/C11H15N3/c1-9-12-8-6-11(14-9)13-7-2-3-10-4-5-10/h2-3,6,8,10H,4-5,7H2,1H3,(H,12,13,14)/b3-2+. The summed E-state index contributed by atoms with van der Waals surface area (Å²) < 4.78 is 0. The minimum absolute atomic E-state index is 0.807. The monoisotopic (exact) mass is 189 g/mol. The van der Waals surface area contributed by atoms with Gasteiger partial charge < -0.3 is 5.32 Å². The zero-order valence-corrected chi connectivity index (χ0v) is 8.40. The molecule has 0 bridgehead atoms.